The van der Waals surface area contributed by atoms with Crippen LogP contribution in [0, 0.1) is 5.92 Å². The molecule has 3 aromatic carbocycles. The Morgan fingerprint density at radius 3 is 2.38 bits per heavy atom. The number of benzene rings is 3. The van der Waals surface area contributed by atoms with Crippen molar-refractivity contribution in [1.82, 2.24) is 10.2 Å². The molecule has 5 rings (SSSR count). The highest BCUT2D eigenvalue weighted by Crippen LogP contribution is 2.43. The van der Waals surface area contributed by atoms with Crippen LogP contribution in [0.5, 0.6) is 0 Å². The van der Waals surface area contributed by atoms with Crippen LogP contribution in [0.25, 0.3) is 11.1 Å². The van der Waals surface area contributed by atoms with Crippen molar-refractivity contribution < 1.29 is 42.4 Å². The molecule has 5 unspecified atom stereocenters. The maximum absolute atomic E-state index is 13.0. The number of aliphatic hydroxyl groups excluding tert-OH is 2. The van der Waals surface area contributed by atoms with Crippen molar-refractivity contribution in [1.29, 1.82) is 0 Å². The lowest BCUT2D eigenvalue weighted by Crippen LogP contribution is -2.50. The molecule has 252 valence electrons. The predicted octanol–water partition coefficient (Wildman–Crippen LogP) is 5.53. The van der Waals surface area contributed by atoms with Crippen LogP contribution in [0.1, 0.15) is 54.4 Å². The first-order valence-corrected chi connectivity index (χ1v) is 16.8. The zero-order valence-corrected chi connectivity index (χ0v) is 26.8. The van der Waals surface area contributed by atoms with Gasteiger partial charge in [0.1, 0.15) is 6.04 Å². The number of rotatable bonds is 11. The third kappa shape index (κ3) is 8.55. The molecule has 5 atom stereocenters. The van der Waals surface area contributed by atoms with E-state index in [1.807, 2.05) is 72.8 Å². The molecular weight excluding hydrogens is 633 g/mol. The van der Waals surface area contributed by atoms with Crippen molar-refractivity contribution in [3.05, 3.63) is 95.1 Å². The van der Waals surface area contributed by atoms with Crippen LogP contribution in [0.4, 0.5) is 13.2 Å². The van der Waals surface area contributed by atoms with Gasteiger partial charge in [-0.3, -0.25) is 9.59 Å². The number of halogens is 3. The molecule has 2 fully saturated rings. The number of hydrogen-bond donors (Lipinski definition) is 3. The van der Waals surface area contributed by atoms with Gasteiger partial charge in [0.2, 0.25) is 5.91 Å². The van der Waals surface area contributed by atoms with Gasteiger partial charge in [-0.15, -0.1) is 0 Å². The van der Waals surface area contributed by atoms with E-state index in [-0.39, 0.29) is 50.8 Å². The number of nitrogens with zero attached hydrogens (tertiary/aromatic N) is 1. The van der Waals surface area contributed by atoms with E-state index in [0.29, 0.717) is 22.8 Å². The molecule has 3 aromatic rings. The first kappa shape index (κ1) is 34.9. The molecule has 0 aliphatic carbocycles. The SMILES string of the molecule is CC1C(CSCCO)OC(c2cccc(-c3cccc(CNC(=O)C4CCCN4C(=O)C(F)(F)F)c3)c2)OC1c1ccc(CO)cc1. The Morgan fingerprint density at radius 2 is 1.68 bits per heavy atom. The van der Waals surface area contributed by atoms with Gasteiger partial charge < -0.3 is 29.9 Å². The van der Waals surface area contributed by atoms with E-state index in [1.54, 1.807) is 11.8 Å². The lowest BCUT2D eigenvalue weighted by atomic mass is 9.91. The molecular formula is C35H39F3N2O6S. The Labute approximate surface area is 276 Å². The van der Waals surface area contributed by atoms with Crippen LogP contribution in [0.3, 0.4) is 0 Å². The minimum absolute atomic E-state index is 0.0235. The molecule has 47 heavy (non-hydrogen) atoms. The molecule has 0 aromatic heterocycles. The van der Waals surface area contributed by atoms with E-state index < -0.39 is 30.3 Å². The average Bonchev–Trinajstić information content (AvgIpc) is 3.57. The van der Waals surface area contributed by atoms with Gasteiger partial charge >= 0.3 is 12.1 Å². The van der Waals surface area contributed by atoms with Gasteiger partial charge in [-0.05, 0) is 52.8 Å². The number of ether oxygens (including phenoxy) is 2. The zero-order valence-electron chi connectivity index (χ0n) is 26.0. The smallest absolute Gasteiger partial charge is 0.396 e. The number of alkyl halides is 3. The Balaban J connectivity index is 1.31. The standard InChI is InChI=1S/C35H39F3N2O6S/c1-22-30(21-47-16-15-41)45-33(46-31(22)25-12-10-23(20-42)11-13-25)28-8-3-7-27(18-28)26-6-2-5-24(17-26)19-39-32(43)29-9-4-14-40(29)34(44)35(36,37)38/h2-3,5-8,10-13,17-18,22,29-31,33,41-42H,4,9,14-16,19-21H2,1H3,(H,39,43). The second kappa shape index (κ2) is 15.7. The van der Waals surface area contributed by atoms with E-state index in [1.165, 1.54) is 0 Å². The van der Waals surface area contributed by atoms with E-state index in [9.17, 15) is 33.0 Å². The largest absolute Gasteiger partial charge is 0.471 e. The van der Waals surface area contributed by atoms with Crippen molar-refractivity contribution in [3.63, 3.8) is 0 Å². The molecule has 0 bridgehead atoms. The maximum Gasteiger partial charge on any atom is 0.471 e. The van der Waals surface area contributed by atoms with Crippen molar-refractivity contribution in [2.24, 2.45) is 5.92 Å². The van der Waals surface area contributed by atoms with E-state index in [2.05, 4.69) is 12.2 Å². The number of hydrogen-bond acceptors (Lipinski definition) is 7. The van der Waals surface area contributed by atoms with Gasteiger partial charge in [-0.2, -0.15) is 24.9 Å². The normalized spacial score (nSPS) is 23.1. The van der Waals surface area contributed by atoms with Crippen LogP contribution >= 0.6 is 11.8 Å². The fraction of sp³-hybridized carbons (Fsp3) is 0.429. The number of aliphatic hydroxyl groups is 2. The molecule has 2 amide bonds. The number of amides is 2. The Bertz CT molecular complexity index is 1520. The lowest BCUT2D eigenvalue weighted by molar-refractivity contribution is -0.268. The maximum atomic E-state index is 13.0. The lowest BCUT2D eigenvalue weighted by Gasteiger charge is -2.41. The predicted molar refractivity (Wildman–Crippen MR) is 172 cm³/mol. The van der Waals surface area contributed by atoms with Gasteiger partial charge in [-0.25, -0.2) is 0 Å². The van der Waals surface area contributed by atoms with Crippen molar-refractivity contribution in [3.8, 4) is 11.1 Å². The van der Waals surface area contributed by atoms with E-state index in [4.69, 9.17) is 9.47 Å². The second-order valence-electron chi connectivity index (χ2n) is 11.8. The van der Waals surface area contributed by atoms with Gasteiger partial charge in [0.25, 0.3) is 0 Å². The summed E-state index contributed by atoms with van der Waals surface area (Å²) in [4.78, 5) is 25.2. The second-order valence-corrected chi connectivity index (χ2v) is 13.0. The van der Waals surface area contributed by atoms with Crippen LogP contribution in [0.2, 0.25) is 0 Å². The van der Waals surface area contributed by atoms with Crippen molar-refractivity contribution >= 4 is 23.6 Å². The summed E-state index contributed by atoms with van der Waals surface area (Å²) < 4.78 is 52.1. The summed E-state index contributed by atoms with van der Waals surface area (Å²) in [6, 6.07) is 21.8. The highest BCUT2D eigenvalue weighted by Gasteiger charge is 2.47. The van der Waals surface area contributed by atoms with Crippen LogP contribution < -0.4 is 5.32 Å². The van der Waals surface area contributed by atoms with Crippen molar-refractivity contribution in [2.75, 3.05) is 24.7 Å². The summed E-state index contributed by atoms with van der Waals surface area (Å²) >= 11 is 1.62. The minimum atomic E-state index is -5.02. The number of thioether (sulfide) groups is 1. The summed E-state index contributed by atoms with van der Waals surface area (Å²) in [5.41, 5.74) is 5.11. The van der Waals surface area contributed by atoms with Gasteiger partial charge in [0, 0.05) is 36.1 Å². The molecule has 2 aliphatic heterocycles. The molecule has 2 aliphatic rings. The first-order chi connectivity index (χ1) is 22.6. The van der Waals surface area contributed by atoms with E-state index >= 15 is 0 Å². The summed E-state index contributed by atoms with van der Waals surface area (Å²) in [7, 11) is 0. The Kier molecular flexibility index (Phi) is 11.6. The quantitative estimate of drug-likeness (QED) is 0.230. The number of carbonyl (C=O) groups excluding carboxylic acids is 2. The highest BCUT2D eigenvalue weighted by molar-refractivity contribution is 7.99. The van der Waals surface area contributed by atoms with Gasteiger partial charge in [0.05, 0.1) is 25.4 Å². The molecule has 8 nitrogen and oxygen atoms in total. The summed E-state index contributed by atoms with van der Waals surface area (Å²) in [5, 5.41) is 21.5. The monoisotopic (exact) mass is 672 g/mol. The highest BCUT2D eigenvalue weighted by atomic mass is 32.2. The fourth-order valence-corrected chi connectivity index (χ4v) is 6.96. The fourth-order valence-electron chi connectivity index (χ4n) is 6.05. The van der Waals surface area contributed by atoms with Crippen LogP contribution in [0.15, 0.2) is 72.8 Å². The molecule has 0 saturated carbocycles. The first-order valence-electron chi connectivity index (χ1n) is 15.6. The Hall–Kier alpha value is -3.42. The minimum Gasteiger partial charge on any atom is -0.396 e. The molecule has 0 spiro atoms. The van der Waals surface area contributed by atoms with Crippen LogP contribution in [-0.2, 0) is 32.2 Å². The summed E-state index contributed by atoms with van der Waals surface area (Å²) in [5.74, 6) is -1.29. The third-order valence-electron chi connectivity index (χ3n) is 8.59. The van der Waals surface area contributed by atoms with E-state index in [0.717, 1.165) is 33.4 Å². The Morgan fingerprint density at radius 1 is 0.957 bits per heavy atom. The topological polar surface area (TPSA) is 108 Å². The summed E-state index contributed by atoms with van der Waals surface area (Å²) in [6.45, 7) is 2.11. The molecule has 3 N–H and O–H groups in total. The number of likely N-dealkylation sites (tertiary alicyclic amines) is 1. The molecule has 0 radical (unpaired) electrons. The third-order valence-corrected chi connectivity index (χ3v) is 9.62. The van der Waals surface area contributed by atoms with Gasteiger partial charge in [0.15, 0.2) is 6.29 Å². The van der Waals surface area contributed by atoms with Crippen molar-refractivity contribution in [2.45, 2.75) is 63.6 Å². The van der Waals surface area contributed by atoms with Gasteiger partial charge in [-0.1, -0.05) is 67.6 Å². The van der Waals surface area contributed by atoms with Crippen LogP contribution in [-0.4, -0.2) is 69.9 Å². The number of nitrogens with one attached hydrogen (secondary N) is 1. The molecule has 2 saturated heterocycles. The molecule has 12 heteroatoms. The average molecular weight is 673 g/mol. The summed E-state index contributed by atoms with van der Waals surface area (Å²) in [6.07, 6.45) is -5.59. The number of carbonyl (C=O) groups is 2. The zero-order chi connectivity index (χ0) is 33.6. The molecule has 2 heterocycles.